The zero-order chi connectivity index (χ0) is 22.8. The maximum absolute atomic E-state index is 12.6. The Morgan fingerprint density at radius 3 is 2.58 bits per heavy atom. The standard InChI is InChI=1S/C24H20N2O6S/c1-29-23(28)13-26-18-11-19-20(31-9-8-30-19)12-21(18)33-24(26)25-22(27)14-32-17-7-6-15-4-2-3-5-16(15)10-17/h2-7,10-12H,8-9,13-14H2,1H3. The SMILES string of the molecule is COC(=O)Cn1c(=NC(=O)COc2ccc3ccccc3c2)sc2cc3c(cc21)OCCO3. The molecule has 3 aromatic carbocycles. The van der Waals surface area contributed by atoms with E-state index in [1.54, 1.807) is 10.6 Å². The third-order valence-corrected chi connectivity index (χ3v) is 6.21. The first-order valence-electron chi connectivity index (χ1n) is 10.3. The Bertz CT molecular complexity index is 1440. The van der Waals surface area contributed by atoms with Crippen molar-refractivity contribution in [1.82, 2.24) is 4.57 Å². The van der Waals surface area contributed by atoms with E-state index in [1.165, 1.54) is 18.4 Å². The van der Waals surface area contributed by atoms with Gasteiger partial charge in [-0.2, -0.15) is 4.99 Å². The van der Waals surface area contributed by atoms with Gasteiger partial charge < -0.3 is 23.5 Å². The van der Waals surface area contributed by atoms with Crippen molar-refractivity contribution < 1.29 is 28.5 Å². The van der Waals surface area contributed by atoms with Gasteiger partial charge in [0, 0.05) is 12.1 Å². The maximum atomic E-state index is 12.6. The number of carbonyl (C=O) groups excluding carboxylic acids is 2. The molecule has 0 spiro atoms. The van der Waals surface area contributed by atoms with Gasteiger partial charge in [0.1, 0.15) is 25.5 Å². The average molecular weight is 464 g/mol. The third-order valence-electron chi connectivity index (χ3n) is 5.17. The molecule has 9 heteroatoms. The van der Waals surface area contributed by atoms with Crippen molar-refractivity contribution in [3.63, 3.8) is 0 Å². The fourth-order valence-corrected chi connectivity index (χ4v) is 4.64. The summed E-state index contributed by atoms with van der Waals surface area (Å²) in [5, 5.41) is 2.11. The molecule has 168 valence electrons. The summed E-state index contributed by atoms with van der Waals surface area (Å²) in [7, 11) is 1.32. The summed E-state index contributed by atoms with van der Waals surface area (Å²) < 4.78 is 24.2. The summed E-state index contributed by atoms with van der Waals surface area (Å²) in [6.07, 6.45) is 0. The summed E-state index contributed by atoms with van der Waals surface area (Å²) in [6, 6.07) is 17.2. The van der Waals surface area contributed by atoms with E-state index in [2.05, 4.69) is 4.99 Å². The van der Waals surface area contributed by atoms with Crippen LogP contribution in [0.15, 0.2) is 59.6 Å². The van der Waals surface area contributed by atoms with E-state index < -0.39 is 11.9 Å². The molecule has 0 unspecified atom stereocenters. The molecular weight excluding hydrogens is 444 g/mol. The molecule has 8 nitrogen and oxygen atoms in total. The highest BCUT2D eigenvalue weighted by Crippen LogP contribution is 2.35. The first kappa shape index (κ1) is 21.0. The van der Waals surface area contributed by atoms with Crippen LogP contribution in [0.3, 0.4) is 0 Å². The van der Waals surface area contributed by atoms with Crippen LogP contribution in [0.4, 0.5) is 0 Å². The van der Waals surface area contributed by atoms with Gasteiger partial charge in [-0.05, 0) is 22.9 Å². The zero-order valence-electron chi connectivity index (χ0n) is 17.8. The van der Waals surface area contributed by atoms with Crippen molar-refractivity contribution >= 4 is 44.2 Å². The number of hydrogen-bond donors (Lipinski definition) is 0. The summed E-state index contributed by atoms with van der Waals surface area (Å²) >= 11 is 1.28. The molecule has 4 aromatic rings. The van der Waals surface area contributed by atoms with Crippen LogP contribution in [0.5, 0.6) is 17.2 Å². The minimum atomic E-state index is -0.467. The summed E-state index contributed by atoms with van der Waals surface area (Å²) in [4.78, 5) is 29.2. The molecule has 1 amide bonds. The van der Waals surface area contributed by atoms with Crippen molar-refractivity contribution in [2.24, 2.45) is 4.99 Å². The lowest BCUT2D eigenvalue weighted by atomic mass is 10.1. The number of methoxy groups -OCH3 is 1. The van der Waals surface area contributed by atoms with Crippen LogP contribution in [-0.4, -0.2) is 43.4 Å². The normalized spacial score (nSPS) is 13.3. The van der Waals surface area contributed by atoms with E-state index in [-0.39, 0.29) is 13.2 Å². The molecule has 2 heterocycles. The molecule has 0 saturated heterocycles. The van der Waals surface area contributed by atoms with Crippen molar-refractivity contribution in [2.75, 3.05) is 26.9 Å². The highest BCUT2D eigenvalue weighted by Gasteiger charge is 2.18. The van der Waals surface area contributed by atoms with Gasteiger partial charge in [-0.3, -0.25) is 9.59 Å². The number of carbonyl (C=O) groups is 2. The van der Waals surface area contributed by atoms with E-state index in [4.69, 9.17) is 18.9 Å². The predicted molar refractivity (Wildman–Crippen MR) is 123 cm³/mol. The largest absolute Gasteiger partial charge is 0.486 e. The van der Waals surface area contributed by atoms with Gasteiger partial charge in [-0.1, -0.05) is 41.7 Å². The van der Waals surface area contributed by atoms with Crippen molar-refractivity contribution in [2.45, 2.75) is 6.54 Å². The monoisotopic (exact) mass is 464 g/mol. The molecular formula is C24H20N2O6S. The van der Waals surface area contributed by atoms with Crippen LogP contribution in [0.1, 0.15) is 0 Å². The molecule has 33 heavy (non-hydrogen) atoms. The van der Waals surface area contributed by atoms with Gasteiger partial charge in [-0.25, -0.2) is 0 Å². The molecule has 0 aliphatic carbocycles. The maximum Gasteiger partial charge on any atom is 0.325 e. The predicted octanol–water partition coefficient (Wildman–Crippen LogP) is 3.31. The number of amides is 1. The number of aromatic nitrogens is 1. The Hall–Kier alpha value is -3.85. The number of ether oxygens (including phenoxy) is 4. The third kappa shape index (κ3) is 4.40. The molecule has 0 atom stereocenters. The van der Waals surface area contributed by atoms with Gasteiger partial charge >= 0.3 is 5.97 Å². The Kier molecular flexibility index (Phi) is 5.70. The fraction of sp³-hybridized carbons (Fsp3) is 0.208. The van der Waals surface area contributed by atoms with Crippen molar-refractivity contribution in [3.05, 3.63) is 59.4 Å². The van der Waals surface area contributed by atoms with Gasteiger partial charge in [0.2, 0.25) is 0 Å². The van der Waals surface area contributed by atoms with Gasteiger partial charge in [0.05, 0.1) is 17.3 Å². The highest BCUT2D eigenvalue weighted by atomic mass is 32.1. The Balaban J connectivity index is 1.44. The number of benzene rings is 3. The molecule has 5 rings (SSSR count). The fourth-order valence-electron chi connectivity index (χ4n) is 3.58. The lowest BCUT2D eigenvalue weighted by Gasteiger charge is -2.18. The second-order valence-corrected chi connectivity index (χ2v) is 8.32. The number of thiazole rings is 1. The van der Waals surface area contributed by atoms with Crippen LogP contribution < -0.4 is 19.0 Å². The molecule has 0 N–H and O–H groups in total. The van der Waals surface area contributed by atoms with Crippen LogP contribution in [0, 0.1) is 0 Å². The number of fused-ring (bicyclic) bond motifs is 3. The van der Waals surface area contributed by atoms with Gasteiger partial charge in [0.25, 0.3) is 5.91 Å². The molecule has 0 fully saturated rings. The molecule has 0 bridgehead atoms. The van der Waals surface area contributed by atoms with Crippen molar-refractivity contribution in [1.29, 1.82) is 0 Å². The topological polar surface area (TPSA) is 88.4 Å². The van der Waals surface area contributed by atoms with Crippen molar-refractivity contribution in [3.8, 4) is 17.2 Å². The van der Waals surface area contributed by atoms with E-state index >= 15 is 0 Å². The van der Waals surface area contributed by atoms with E-state index in [0.29, 0.717) is 40.8 Å². The zero-order valence-corrected chi connectivity index (χ0v) is 18.6. The molecule has 1 aliphatic rings. The second-order valence-electron chi connectivity index (χ2n) is 7.31. The average Bonchev–Trinajstić information content (AvgIpc) is 3.16. The van der Waals surface area contributed by atoms with Crippen LogP contribution in [-0.2, 0) is 20.9 Å². The molecule has 0 saturated carbocycles. The lowest BCUT2D eigenvalue weighted by molar-refractivity contribution is -0.141. The van der Waals surface area contributed by atoms with Gasteiger partial charge in [-0.15, -0.1) is 0 Å². The molecule has 1 aromatic heterocycles. The minimum absolute atomic E-state index is 0.0895. The lowest BCUT2D eigenvalue weighted by Crippen LogP contribution is -2.23. The molecule has 1 aliphatic heterocycles. The van der Waals surface area contributed by atoms with Gasteiger partial charge in [0.15, 0.2) is 22.9 Å². The first-order valence-corrected chi connectivity index (χ1v) is 11.1. The summed E-state index contributed by atoms with van der Waals surface area (Å²) in [5.41, 5.74) is 0.705. The number of esters is 1. The Morgan fingerprint density at radius 1 is 1.03 bits per heavy atom. The van der Waals surface area contributed by atoms with Crippen LogP contribution >= 0.6 is 11.3 Å². The number of hydrogen-bond acceptors (Lipinski definition) is 7. The molecule has 0 radical (unpaired) electrons. The number of nitrogens with zero attached hydrogens (tertiary/aromatic N) is 2. The summed E-state index contributed by atoms with van der Waals surface area (Å²) in [5.74, 6) is 0.870. The van der Waals surface area contributed by atoms with Crippen LogP contribution in [0.2, 0.25) is 0 Å². The highest BCUT2D eigenvalue weighted by molar-refractivity contribution is 7.16. The quantitative estimate of drug-likeness (QED) is 0.421. The minimum Gasteiger partial charge on any atom is -0.486 e. The second kappa shape index (κ2) is 8.95. The summed E-state index contributed by atoms with van der Waals surface area (Å²) in [6.45, 7) is 0.594. The van der Waals surface area contributed by atoms with E-state index in [0.717, 1.165) is 15.5 Å². The Labute approximate surface area is 192 Å². The van der Waals surface area contributed by atoms with E-state index in [1.807, 2.05) is 48.5 Å². The van der Waals surface area contributed by atoms with Crippen LogP contribution in [0.25, 0.3) is 21.0 Å². The first-order chi connectivity index (χ1) is 16.1. The van der Waals surface area contributed by atoms with E-state index in [9.17, 15) is 9.59 Å². The Morgan fingerprint density at radius 2 is 1.79 bits per heavy atom. The smallest absolute Gasteiger partial charge is 0.325 e. The number of rotatable bonds is 5.